The zero-order valence-corrected chi connectivity index (χ0v) is 9.55. The van der Waals surface area contributed by atoms with Crippen LogP contribution in [0.5, 0.6) is 0 Å². The number of nitrogens with zero attached hydrogens (tertiary/aromatic N) is 4. The molecule has 1 amide bonds. The summed E-state index contributed by atoms with van der Waals surface area (Å²) < 4.78 is 3.47. The van der Waals surface area contributed by atoms with Crippen LogP contribution >= 0.6 is 11.5 Å². The minimum absolute atomic E-state index is 0.00543. The predicted octanol–water partition coefficient (Wildman–Crippen LogP) is 0.676. The summed E-state index contributed by atoms with van der Waals surface area (Å²) in [6, 6.07) is 3.77. The van der Waals surface area contributed by atoms with Gasteiger partial charge in [-0.15, -0.1) is 0 Å². The largest absolute Gasteiger partial charge is 0.393 e. The van der Waals surface area contributed by atoms with E-state index in [4.69, 9.17) is 5.73 Å². The van der Waals surface area contributed by atoms with Crippen LogP contribution < -0.4 is 11.1 Å². The van der Waals surface area contributed by atoms with Crippen molar-refractivity contribution in [2.24, 2.45) is 0 Å². The maximum atomic E-state index is 11.7. The SMILES string of the molecule is Nc1ccc(C(=O)Nc2nnns2)cc1[N+](=O)[O-]. The van der Waals surface area contributed by atoms with Crippen LogP contribution in [0, 0.1) is 10.1 Å². The molecule has 0 radical (unpaired) electrons. The normalized spacial score (nSPS) is 10.0. The van der Waals surface area contributed by atoms with E-state index in [1.165, 1.54) is 12.1 Å². The lowest BCUT2D eigenvalue weighted by atomic mass is 10.1. The van der Waals surface area contributed by atoms with Gasteiger partial charge in [0.25, 0.3) is 11.6 Å². The fourth-order valence-corrected chi connectivity index (χ4v) is 1.56. The van der Waals surface area contributed by atoms with E-state index in [1.54, 1.807) is 0 Å². The lowest BCUT2D eigenvalue weighted by molar-refractivity contribution is -0.383. The number of carbonyl (C=O) groups is 1. The second-order valence-corrected chi connectivity index (χ2v) is 3.88. The minimum atomic E-state index is -0.654. The number of nitro benzene ring substituents is 1. The predicted molar refractivity (Wildman–Crippen MR) is 63.2 cm³/mol. The summed E-state index contributed by atoms with van der Waals surface area (Å²) >= 11 is 0.897. The Balaban J connectivity index is 2.26. The smallest absolute Gasteiger partial charge is 0.292 e. The lowest BCUT2D eigenvalue weighted by Crippen LogP contribution is -2.12. The zero-order valence-electron chi connectivity index (χ0n) is 8.73. The summed E-state index contributed by atoms with van der Waals surface area (Å²) in [6.07, 6.45) is 0. The highest BCUT2D eigenvalue weighted by atomic mass is 32.1. The average Bonchev–Trinajstić information content (AvgIpc) is 2.81. The van der Waals surface area contributed by atoms with Crippen LogP contribution in [0.15, 0.2) is 18.2 Å². The van der Waals surface area contributed by atoms with Gasteiger partial charge >= 0.3 is 0 Å². The molecule has 1 aromatic carbocycles. The highest BCUT2D eigenvalue weighted by Crippen LogP contribution is 2.22. The Morgan fingerprint density at radius 3 is 2.89 bits per heavy atom. The zero-order chi connectivity index (χ0) is 13.1. The number of nitrogens with one attached hydrogen (secondary N) is 1. The van der Waals surface area contributed by atoms with Crippen molar-refractivity contribution in [2.75, 3.05) is 11.1 Å². The molecule has 18 heavy (non-hydrogen) atoms. The molecule has 2 rings (SSSR count). The first-order chi connectivity index (χ1) is 8.58. The Labute approximate surface area is 104 Å². The number of hydrogen-bond donors (Lipinski definition) is 2. The van der Waals surface area contributed by atoms with E-state index in [0.717, 1.165) is 17.6 Å². The number of nitro groups is 1. The van der Waals surface area contributed by atoms with Gasteiger partial charge in [-0.25, -0.2) is 0 Å². The summed E-state index contributed by atoms with van der Waals surface area (Å²) in [7, 11) is 0. The van der Waals surface area contributed by atoms with Gasteiger partial charge in [0, 0.05) is 23.2 Å². The third-order valence-electron chi connectivity index (χ3n) is 2.01. The van der Waals surface area contributed by atoms with Crippen molar-refractivity contribution in [3.05, 3.63) is 33.9 Å². The van der Waals surface area contributed by atoms with Crippen LogP contribution in [0.4, 0.5) is 16.5 Å². The quantitative estimate of drug-likeness (QED) is 0.473. The molecule has 0 aliphatic rings. The molecule has 0 bridgehead atoms. The fourth-order valence-electron chi connectivity index (χ4n) is 1.19. The second-order valence-electron chi connectivity index (χ2n) is 3.15. The standard InChI is InChI=1S/C8H6N6O3S/c9-5-2-1-4(3-6(5)14(16)17)7(15)10-8-11-12-13-18-8/h1-3H,9H2,(H,10,11,13,15). The van der Waals surface area contributed by atoms with Gasteiger partial charge in [0.05, 0.1) is 4.92 Å². The minimum Gasteiger partial charge on any atom is -0.393 e. The van der Waals surface area contributed by atoms with Gasteiger partial charge in [0.15, 0.2) is 0 Å². The maximum Gasteiger partial charge on any atom is 0.292 e. The van der Waals surface area contributed by atoms with Crippen molar-refractivity contribution < 1.29 is 9.72 Å². The Hall–Kier alpha value is -2.62. The number of carbonyl (C=O) groups excluding carboxylic acids is 1. The molecule has 0 aliphatic heterocycles. The van der Waals surface area contributed by atoms with Gasteiger partial charge in [-0.2, -0.15) is 0 Å². The molecule has 2 aromatic rings. The molecule has 0 unspecified atom stereocenters. The van der Waals surface area contributed by atoms with Crippen LogP contribution in [0.2, 0.25) is 0 Å². The Kier molecular flexibility index (Phi) is 3.10. The molecule has 0 spiro atoms. The summed E-state index contributed by atoms with van der Waals surface area (Å²) in [5, 5.41) is 20.1. The number of anilines is 2. The molecule has 0 atom stereocenters. The van der Waals surface area contributed by atoms with E-state index < -0.39 is 10.8 Å². The number of rotatable bonds is 3. The molecule has 1 heterocycles. The summed E-state index contributed by atoms with van der Waals surface area (Å²) in [4.78, 5) is 21.8. The molecule has 0 saturated heterocycles. The maximum absolute atomic E-state index is 11.7. The molecule has 0 aliphatic carbocycles. The third-order valence-corrected chi connectivity index (χ3v) is 2.52. The van der Waals surface area contributed by atoms with Crippen molar-refractivity contribution in [1.82, 2.24) is 14.8 Å². The van der Waals surface area contributed by atoms with E-state index in [2.05, 4.69) is 20.1 Å². The van der Waals surface area contributed by atoms with E-state index in [9.17, 15) is 14.9 Å². The number of nitrogens with two attached hydrogens (primary N) is 1. The average molecular weight is 266 g/mol. The molecular formula is C8H6N6O3S. The van der Waals surface area contributed by atoms with Gasteiger partial charge < -0.3 is 5.73 Å². The van der Waals surface area contributed by atoms with Crippen LogP contribution in [0.25, 0.3) is 0 Å². The Morgan fingerprint density at radius 1 is 1.50 bits per heavy atom. The highest BCUT2D eigenvalue weighted by molar-refractivity contribution is 7.09. The van der Waals surface area contributed by atoms with Crippen molar-refractivity contribution >= 4 is 33.9 Å². The molecule has 0 saturated carbocycles. The monoisotopic (exact) mass is 266 g/mol. The third kappa shape index (κ3) is 2.38. The van der Waals surface area contributed by atoms with Crippen LogP contribution in [0.1, 0.15) is 10.4 Å². The fraction of sp³-hybridized carbons (Fsp3) is 0. The molecule has 3 N–H and O–H groups in total. The molecule has 1 aromatic heterocycles. The topological polar surface area (TPSA) is 137 Å². The van der Waals surface area contributed by atoms with Gasteiger partial charge in [-0.1, -0.05) is 9.59 Å². The van der Waals surface area contributed by atoms with Crippen molar-refractivity contribution in [2.45, 2.75) is 0 Å². The van der Waals surface area contributed by atoms with Crippen molar-refractivity contribution in [3.8, 4) is 0 Å². The number of amides is 1. The first kappa shape index (κ1) is 11.9. The van der Waals surface area contributed by atoms with Gasteiger partial charge in [-0.3, -0.25) is 20.2 Å². The molecule has 92 valence electrons. The number of nitrogen functional groups attached to an aromatic ring is 1. The number of hydrogen-bond acceptors (Lipinski definition) is 8. The van der Waals surface area contributed by atoms with Crippen molar-refractivity contribution in [1.29, 1.82) is 0 Å². The van der Waals surface area contributed by atoms with E-state index in [1.807, 2.05) is 0 Å². The second kappa shape index (κ2) is 4.71. The van der Waals surface area contributed by atoms with Crippen LogP contribution in [-0.2, 0) is 0 Å². The first-order valence-corrected chi connectivity index (χ1v) is 5.35. The first-order valence-electron chi connectivity index (χ1n) is 4.58. The number of aromatic nitrogens is 3. The van der Waals surface area contributed by atoms with Gasteiger partial charge in [0.1, 0.15) is 5.69 Å². The summed E-state index contributed by atoms with van der Waals surface area (Å²) in [6.45, 7) is 0. The van der Waals surface area contributed by atoms with E-state index >= 15 is 0 Å². The Morgan fingerprint density at radius 2 is 2.28 bits per heavy atom. The summed E-state index contributed by atoms with van der Waals surface area (Å²) in [5.41, 5.74) is 5.20. The van der Waals surface area contributed by atoms with Crippen LogP contribution in [-0.4, -0.2) is 25.6 Å². The van der Waals surface area contributed by atoms with Gasteiger partial charge in [0.2, 0.25) is 5.13 Å². The Bertz CT molecular complexity index is 599. The molecule has 10 heteroatoms. The van der Waals surface area contributed by atoms with Gasteiger partial charge in [-0.05, 0) is 17.3 Å². The molecule has 0 fully saturated rings. The van der Waals surface area contributed by atoms with Crippen molar-refractivity contribution in [3.63, 3.8) is 0 Å². The number of benzene rings is 1. The highest BCUT2D eigenvalue weighted by Gasteiger charge is 2.16. The summed E-state index contributed by atoms with van der Waals surface area (Å²) in [5.74, 6) is -0.545. The van der Waals surface area contributed by atoms with E-state index in [-0.39, 0.29) is 22.1 Å². The lowest BCUT2D eigenvalue weighted by Gasteiger charge is -2.02. The van der Waals surface area contributed by atoms with Crippen LogP contribution in [0.3, 0.4) is 0 Å². The van der Waals surface area contributed by atoms with E-state index in [0.29, 0.717) is 0 Å². The molecular weight excluding hydrogens is 260 g/mol. The molecule has 9 nitrogen and oxygen atoms in total.